The van der Waals surface area contributed by atoms with Crippen LogP contribution in [0.4, 0.5) is 16.5 Å². The van der Waals surface area contributed by atoms with E-state index >= 15 is 0 Å². The van der Waals surface area contributed by atoms with Crippen LogP contribution < -0.4 is 9.80 Å². The van der Waals surface area contributed by atoms with E-state index in [4.69, 9.17) is 4.98 Å². The number of hydrogen-bond donors (Lipinski definition) is 0. The van der Waals surface area contributed by atoms with E-state index in [1.807, 2.05) is 48.5 Å². The summed E-state index contributed by atoms with van der Waals surface area (Å²) in [5.41, 5.74) is 3.48. The molecule has 3 aromatic carbocycles. The Morgan fingerprint density at radius 1 is 0.970 bits per heavy atom. The van der Waals surface area contributed by atoms with E-state index in [1.54, 1.807) is 29.2 Å². The third-order valence-corrected chi connectivity index (χ3v) is 6.70. The first-order valence-electron chi connectivity index (χ1n) is 10.8. The van der Waals surface area contributed by atoms with E-state index in [9.17, 15) is 14.4 Å². The number of aromatic nitrogens is 1. The van der Waals surface area contributed by atoms with Crippen molar-refractivity contribution in [3.63, 3.8) is 0 Å². The van der Waals surface area contributed by atoms with Crippen molar-refractivity contribution in [2.75, 3.05) is 9.80 Å². The highest BCUT2D eigenvalue weighted by atomic mass is 32.1. The second-order valence-electron chi connectivity index (χ2n) is 7.80. The van der Waals surface area contributed by atoms with Crippen LogP contribution in [0.3, 0.4) is 0 Å². The molecule has 4 aromatic rings. The standard InChI is InChI=1S/C26H21N3O3S/c1-2-17-10-12-19(13-11-17)29(26-27-21-8-3-4-9-22(21)33-26)25(32)18-6-5-7-20(16-18)28-23(30)14-15-24(28)31/h3-13,16H,2,14-15H2,1H3. The van der Waals surface area contributed by atoms with Crippen LogP contribution in [0.5, 0.6) is 0 Å². The minimum absolute atomic E-state index is 0.193. The van der Waals surface area contributed by atoms with Crippen LogP contribution in [0.1, 0.15) is 35.7 Å². The van der Waals surface area contributed by atoms with E-state index in [2.05, 4.69) is 6.92 Å². The number of carbonyl (C=O) groups excluding carboxylic acids is 3. The fourth-order valence-electron chi connectivity index (χ4n) is 3.92. The van der Waals surface area contributed by atoms with Gasteiger partial charge >= 0.3 is 0 Å². The molecule has 1 saturated heterocycles. The maximum Gasteiger partial charge on any atom is 0.264 e. The molecule has 1 fully saturated rings. The summed E-state index contributed by atoms with van der Waals surface area (Å²) in [6, 6.07) is 22.3. The minimum Gasteiger partial charge on any atom is -0.274 e. The van der Waals surface area contributed by atoms with Crippen LogP contribution >= 0.6 is 11.3 Å². The van der Waals surface area contributed by atoms with Gasteiger partial charge in [-0.3, -0.25) is 24.2 Å². The Bertz CT molecular complexity index is 1330. The normalized spacial score (nSPS) is 13.7. The number of rotatable bonds is 5. The van der Waals surface area contributed by atoms with Crippen molar-refractivity contribution in [1.29, 1.82) is 0 Å². The van der Waals surface area contributed by atoms with Crippen molar-refractivity contribution in [3.05, 3.63) is 83.9 Å². The van der Waals surface area contributed by atoms with Gasteiger partial charge in [0.2, 0.25) is 11.8 Å². The Kier molecular flexibility index (Phi) is 5.48. The van der Waals surface area contributed by atoms with E-state index in [1.165, 1.54) is 16.9 Å². The first-order chi connectivity index (χ1) is 16.0. The molecule has 1 aromatic heterocycles. The molecular weight excluding hydrogens is 434 g/mol. The summed E-state index contributed by atoms with van der Waals surface area (Å²) in [6.07, 6.45) is 1.28. The van der Waals surface area contributed by atoms with Gasteiger partial charge in [-0.1, -0.05) is 48.6 Å². The van der Waals surface area contributed by atoms with Crippen molar-refractivity contribution in [3.8, 4) is 0 Å². The number of aryl methyl sites for hydroxylation is 1. The molecule has 5 rings (SSSR count). The molecule has 1 aliphatic rings. The first-order valence-corrected chi connectivity index (χ1v) is 11.6. The Hall–Kier alpha value is -3.84. The molecule has 2 heterocycles. The van der Waals surface area contributed by atoms with Crippen molar-refractivity contribution in [1.82, 2.24) is 4.98 Å². The summed E-state index contributed by atoms with van der Waals surface area (Å²) >= 11 is 1.44. The van der Waals surface area contributed by atoms with Crippen molar-refractivity contribution >= 4 is 55.8 Å². The monoisotopic (exact) mass is 455 g/mol. The van der Waals surface area contributed by atoms with Crippen molar-refractivity contribution in [2.24, 2.45) is 0 Å². The van der Waals surface area contributed by atoms with Gasteiger partial charge < -0.3 is 0 Å². The number of anilines is 3. The van der Waals surface area contributed by atoms with Gasteiger partial charge in [0.1, 0.15) is 0 Å². The lowest BCUT2D eigenvalue weighted by Crippen LogP contribution is -2.29. The predicted molar refractivity (Wildman–Crippen MR) is 130 cm³/mol. The summed E-state index contributed by atoms with van der Waals surface area (Å²) in [5, 5.41) is 0.559. The molecule has 3 amide bonds. The van der Waals surface area contributed by atoms with Gasteiger partial charge in [-0.05, 0) is 54.4 Å². The lowest BCUT2D eigenvalue weighted by Gasteiger charge is -2.21. The summed E-state index contributed by atoms with van der Waals surface area (Å²) in [6.45, 7) is 2.08. The molecule has 0 bridgehead atoms. The quantitative estimate of drug-likeness (QED) is 0.373. The highest BCUT2D eigenvalue weighted by Crippen LogP contribution is 2.35. The molecule has 0 aliphatic carbocycles. The lowest BCUT2D eigenvalue weighted by atomic mass is 10.1. The van der Waals surface area contributed by atoms with Crippen molar-refractivity contribution < 1.29 is 14.4 Å². The summed E-state index contributed by atoms with van der Waals surface area (Å²) in [7, 11) is 0. The Morgan fingerprint density at radius 2 is 1.70 bits per heavy atom. The number of nitrogens with zero attached hydrogens (tertiary/aromatic N) is 3. The summed E-state index contributed by atoms with van der Waals surface area (Å²) in [5.74, 6) is -0.773. The van der Waals surface area contributed by atoms with Gasteiger partial charge in [0.25, 0.3) is 5.91 Å². The van der Waals surface area contributed by atoms with Gasteiger partial charge in [0.05, 0.1) is 21.6 Å². The van der Waals surface area contributed by atoms with Gasteiger partial charge in [-0.2, -0.15) is 0 Å². The number of benzene rings is 3. The highest BCUT2D eigenvalue weighted by Gasteiger charge is 2.31. The number of fused-ring (bicyclic) bond motifs is 1. The zero-order valence-electron chi connectivity index (χ0n) is 18.0. The van der Waals surface area contributed by atoms with E-state index in [0.29, 0.717) is 22.1 Å². The van der Waals surface area contributed by atoms with Crippen LogP contribution in [0.15, 0.2) is 72.8 Å². The lowest BCUT2D eigenvalue weighted by molar-refractivity contribution is -0.121. The number of para-hydroxylation sites is 1. The average Bonchev–Trinajstić information content (AvgIpc) is 3.42. The maximum atomic E-state index is 13.8. The van der Waals surface area contributed by atoms with Gasteiger partial charge in [-0.25, -0.2) is 4.98 Å². The van der Waals surface area contributed by atoms with E-state index in [0.717, 1.165) is 21.5 Å². The fraction of sp³-hybridized carbons (Fsp3) is 0.154. The number of thiazole rings is 1. The van der Waals surface area contributed by atoms with Crippen LogP contribution in [-0.4, -0.2) is 22.7 Å². The number of imide groups is 1. The molecule has 0 radical (unpaired) electrons. The first kappa shape index (κ1) is 21.0. The Labute approximate surface area is 195 Å². The van der Waals surface area contributed by atoms with Gasteiger partial charge in [-0.15, -0.1) is 0 Å². The van der Waals surface area contributed by atoms with Crippen LogP contribution in [-0.2, 0) is 16.0 Å². The molecule has 0 spiro atoms. The van der Waals surface area contributed by atoms with Crippen LogP contribution in [0, 0.1) is 0 Å². The number of hydrogen-bond acceptors (Lipinski definition) is 5. The predicted octanol–water partition coefficient (Wildman–Crippen LogP) is 5.49. The molecule has 0 atom stereocenters. The Balaban J connectivity index is 1.59. The summed E-state index contributed by atoms with van der Waals surface area (Å²) in [4.78, 5) is 45.7. The van der Waals surface area contributed by atoms with E-state index in [-0.39, 0.29) is 30.6 Å². The number of amides is 3. The average molecular weight is 456 g/mol. The smallest absolute Gasteiger partial charge is 0.264 e. The molecule has 0 saturated carbocycles. The number of carbonyl (C=O) groups is 3. The zero-order valence-corrected chi connectivity index (χ0v) is 18.8. The molecule has 33 heavy (non-hydrogen) atoms. The van der Waals surface area contributed by atoms with Gasteiger partial charge in [0, 0.05) is 18.4 Å². The van der Waals surface area contributed by atoms with Crippen molar-refractivity contribution in [2.45, 2.75) is 26.2 Å². The van der Waals surface area contributed by atoms with Crippen LogP contribution in [0.25, 0.3) is 10.2 Å². The minimum atomic E-state index is -0.278. The third-order valence-electron chi connectivity index (χ3n) is 5.68. The molecule has 1 aliphatic heterocycles. The Morgan fingerprint density at radius 3 is 2.39 bits per heavy atom. The largest absolute Gasteiger partial charge is 0.274 e. The SMILES string of the molecule is CCc1ccc(N(C(=O)c2cccc(N3C(=O)CCC3=O)c2)c2nc3ccccc3s2)cc1. The zero-order chi connectivity index (χ0) is 22.9. The molecule has 0 N–H and O–H groups in total. The topological polar surface area (TPSA) is 70.6 Å². The second kappa shape index (κ2) is 8.60. The van der Waals surface area contributed by atoms with Gasteiger partial charge in [0.15, 0.2) is 5.13 Å². The highest BCUT2D eigenvalue weighted by molar-refractivity contribution is 7.22. The summed E-state index contributed by atoms with van der Waals surface area (Å²) < 4.78 is 0.984. The molecule has 164 valence electrons. The maximum absolute atomic E-state index is 13.8. The fourth-order valence-corrected chi connectivity index (χ4v) is 4.91. The molecule has 6 nitrogen and oxygen atoms in total. The second-order valence-corrected chi connectivity index (χ2v) is 8.81. The van der Waals surface area contributed by atoms with E-state index < -0.39 is 0 Å². The third kappa shape index (κ3) is 3.91. The molecule has 0 unspecified atom stereocenters. The molecular formula is C26H21N3O3S. The molecule has 7 heteroatoms. The van der Waals surface area contributed by atoms with Crippen LogP contribution in [0.2, 0.25) is 0 Å².